The number of rotatable bonds is 5. The lowest BCUT2D eigenvalue weighted by atomic mass is 10.2. The zero-order valence-corrected chi connectivity index (χ0v) is 11.4. The SMILES string of the molecule is CCn1cnc(S(=O)(=O)NCc2cccc(N)c2)c1. The normalized spacial score (nSPS) is 11.6. The Bertz CT molecular complexity index is 664. The average molecular weight is 280 g/mol. The molecule has 0 aliphatic heterocycles. The second kappa shape index (κ2) is 5.41. The van der Waals surface area contributed by atoms with Crippen molar-refractivity contribution in [1.82, 2.24) is 14.3 Å². The molecule has 19 heavy (non-hydrogen) atoms. The van der Waals surface area contributed by atoms with E-state index in [9.17, 15) is 8.42 Å². The highest BCUT2D eigenvalue weighted by Gasteiger charge is 2.16. The summed E-state index contributed by atoms with van der Waals surface area (Å²) in [6, 6.07) is 7.07. The second-order valence-electron chi connectivity index (χ2n) is 4.11. The van der Waals surface area contributed by atoms with Crippen LogP contribution in [-0.2, 0) is 23.1 Å². The van der Waals surface area contributed by atoms with Gasteiger partial charge in [-0.1, -0.05) is 12.1 Å². The molecular formula is C12H16N4O2S. The Hall–Kier alpha value is -1.86. The Morgan fingerprint density at radius 3 is 2.84 bits per heavy atom. The van der Waals surface area contributed by atoms with E-state index in [2.05, 4.69) is 9.71 Å². The van der Waals surface area contributed by atoms with Crippen molar-refractivity contribution in [3.8, 4) is 0 Å². The van der Waals surface area contributed by atoms with Gasteiger partial charge in [0, 0.05) is 25.0 Å². The van der Waals surface area contributed by atoms with E-state index in [-0.39, 0.29) is 11.6 Å². The first-order valence-corrected chi connectivity index (χ1v) is 7.35. The highest BCUT2D eigenvalue weighted by Crippen LogP contribution is 2.09. The minimum Gasteiger partial charge on any atom is -0.399 e. The molecule has 0 saturated heterocycles. The third-order valence-corrected chi connectivity index (χ3v) is 3.95. The van der Waals surface area contributed by atoms with Crippen LogP contribution in [0.15, 0.2) is 41.8 Å². The molecule has 0 unspecified atom stereocenters. The van der Waals surface area contributed by atoms with Crippen molar-refractivity contribution < 1.29 is 8.42 Å². The van der Waals surface area contributed by atoms with Gasteiger partial charge in [-0.2, -0.15) is 0 Å². The Balaban J connectivity index is 2.09. The molecule has 1 aromatic carbocycles. The maximum atomic E-state index is 12.0. The average Bonchev–Trinajstić information content (AvgIpc) is 2.86. The van der Waals surface area contributed by atoms with E-state index in [0.29, 0.717) is 12.2 Å². The molecule has 2 aromatic rings. The largest absolute Gasteiger partial charge is 0.399 e. The highest BCUT2D eigenvalue weighted by atomic mass is 32.2. The molecule has 3 N–H and O–H groups in total. The topological polar surface area (TPSA) is 90.0 Å². The fourth-order valence-corrected chi connectivity index (χ4v) is 2.57. The number of anilines is 1. The number of hydrogen-bond acceptors (Lipinski definition) is 4. The van der Waals surface area contributed by atoms with Crippen molar-refractivity contribution in [2.24, 2.45) is 0 Å². The van der Waals surface area contributed by atoms with Gasteiger partial charge in [0.25, 0.3) is 10.0 Å². The molecule has 0 fully saturated rings. The van der Waals surface area contributed by atoms with Crippen LogP contribution < -0.4 is 10.5 Å². The lowest BCUT2D eigenvalue weighted by Gasteiger charge is -2.05. The summed E-state index contributed by atoms with van der Waals surface area (Å²) >= 11 is 0. The van der Waals surface area contributed by atoms with Crippen molar-refractivity contribution in [2.45, 2.75) is 25.0 Å². The summed E-state index contributed by atoms with van der Waals surface area (Å²) in [5, 5.41) is 0.0262. The molecule has 0 bridgehead atoms. The zero-order valence-electron chi connectivity index (χ0n) is 10.6. The Morgan fingerprint density at radius 2 is 2.21 bits per heavy atom. The fraction of sp³-hybridized carbons (Fsp3) is 0.250. The van der Waals surface area contributed by atoms with Gasteiger partial charge in [-0.3, -0.25) is 0 Å². The summed E-state index contributed by atoms with van der Waals surface area (Å²) in [5.41, 5.74) is 7.05. The summed E-state index contributed by atoms with van der Waals surface area (Å²) in [5.74, 6) is 0. The summed E-state index contributed by atoms with van der Waals surface area (Å²) < 4.78 is 28.2. The molecule has 0 saturated carbocycles. The van der Waals surface area contributed by atoms with Crippen LogP contribution in [-0.4, -0.2) is 18.0 Å². The Labute approximate surface area is 112 Å². The monoisotopic (exact) mass is 280 g/mol. The summed E-state index contributed by atoms with van der Waals surface area (Å²) in [6.45, 7) is 2.78. The van der Waals surface area contributed by atoms with Gasteiger partial charge in [0.1, 0.15) is 0 Å². The van der Waals surface area contributed by atoms with E-state index >= 15 is 0 Å². The van der Waals surface area contributed by atoms with Gasteiger partial charge in [-0.15, -0.1) is 0 Å². The number of benzene rings is 1. The number of nitrogens with two attached hydrogens (primary N) is 1. The van der Waals surface area contributed by atoms with Gasteiger partial charge in [-0.05, 0) is 24.6 Å². The maximum absolute atomic E-state index is 12.0. The Morgan fingerprint density at radius 1 is 1.42 bits per heavy atom. The van der Waals surface area contributed by atoms with Crippen LogP contribution in [0.4, 0.5) is 5.69 Å². The van der Waals surface area contributed by atoms with E-state index < -0.39 is 10.0 Å². The molecule has 0 spiro atoms. The van der Waals surface area contributed by atoms with Gasteiger partial charge in [0.05, 0.1) is 6.33 Å². The Kier molecular flexibility index (Phi) is 3.87. The first kappa shape index (κ1) is 13.6. The van der Waals surface area contributed by atoms with Gasteiger partial charge >= 0.3 is 0 Å². The third kappa shape index (κ3) is 3.33. The van der Waals surface area contributed by atoms with E-state index in [1.54, 1.807) is 22.8 Å². The summed E-state index contributed by atoms with van der Waals surface area (Å²) in [6.07, 6.45) is 3.00. The van der Waals surface area contributed by atoms with Crippen molar-refractivity contribution >= 4 is 15.7 Å². The standard InChI is InChI=1S/C12H16N4O2S/c1-2-16-8-12(14-9-16)19(17,18)15-7-10-4-3-5-11(13)6-10/h3-6,8-9,15H,2,7,13H2,1H3. The van der Waals surface area contributed by atoms with Gasteiger partial charge in [0.15, 0.2) is 5.03 Å². The molecule has 7 heteroatoms. The number of aromatic nitrogens is 2. The van der Waals surface area contributed by atoms with Crippen molar-refractivity contribution in [2.75, 3.05) is 5.73 Å². The predicted octanol–water partition coefficient (Wildman–Crippen LogP) is 0.964. The molecular weight excluding hydrogens is 264 g/mol. The van der Waals surface area contributed by atoms with Crippen LogP contribution in [0.2, 0.25) is 0 Å². The van der Waals surface area contributed by atoms with E-state index in [0.717, 1.165) is 5.56 Å². The number of nitrogen functional groups attached to an aromatic ring is 1. The molecule has 0 aliphatic rings. The van der Waals surface area contributed by atoms with E-state index in [1.165, 1.54) is 12.5 Å². The number of nitrogens with zero attached hydrogens (tertiary/aromatic N) is 2. The van der Waals surface area contributed by atoms with Crippen LogP contribution in [0.3, 0.4) is 0 Å². The van der Waals surface area contributed by atoms with Crippen molar-refractivity contribution in [3.05, 3.63) is 42.4 Å². The zero-order chi connectivity index (χ0) is 13.9. The number of nitrogens with one attached hydrogen (secondary N) is 1. The third-order valence-electron chi connectivity index (χ3n) is 2.67. The molecule has 0 aliphatic carbocycles. The van der Waals surface area contributed by atoms with Crippen LogP contribution in [0.1, 0.15) is 12.5 Å². The molecule has 1 aromatic heterocycles. The van der Waals surface area contributed by atoms with Crippen molar-refractivity contribution in [1.29, 1.82) is 0 Å². The van der Waals surface area contributed by atoms with Crippen LogP contribution >= 0.6 is 0 Å². The number of imidazole rings is 1. The molecule has 102 valence electrons. The first-order chi connectivity index (χ1) is 9.01. The molecule has 2 rings (SSSR count). The van der Waals surface area contributed by atoms with Crippen LogP contribution in [0, 0.1) is 0 Å². The molecule has 6 nitrogen and oxygen atoms in total. The van der Waals surface area contributed by atoms with Crippen molar-refractivity contribution in [3.63, 3.8) is 0 Å². The maximum Gasteiger partial charge on any atom is 0.259 e. The number of sulfonamides is 1. The minimum absolute atomic E-state index is 0.0262. The summed E-state index contributed by atoms with van der Waals surface area (Å²) in [7, 11) is -3.58. The number of aryl methyl sites for hydroxylation is 1. The molecule has 0 amide bonds. The second-order valence-corrected chi connectivity index (χ2v) is 5.83. The quantitative estimate of drug-likeness (QED) is 0.798. The van der Waals surface area contributed by atoms with Crippen LogP contribution in [0.25, 0.3) is 0 Å². The molecule has 1 heterocycles. The summed E-state index contributed by atoms with van der Waals surface area (Å²) in [4.78, 5) is 3.88. The number of hydrogen-bond donors (Lipinski definition) is 2. The molecule has 0 radical (unpaired) electrons. The first-order valence-electron chi connectivity index (χ1n) is 5.87. The van der Waals surface area contributed by atoms with Gasteiger partial charge in [-0.25, -0.2) is 18.1 Å². The smallest absolute Gasteiger partial charge is 0.259 e. The highest BCUT2D eigenvalue weighted by molar-refractivity contribution is 7.89. The fourth-order valence-electron chi connectivity index (χ4n) is 1.61. The molecule has 0 atom stereocenters. The van der Waals surface area contributed by atoms with Crippen LogP contribution in [0.5, 0.6) is 0 Å². The predicted molar refractivity (Wildman–Crippen MR) is 72.8 cm³/mol. The minimum atomic E-state index is -3.58. The van der Waals surface area contributed by atoms with Gasteiger partial charge in [0.2, 0.25) is 0 Å². The lowest BCUT2D eigenvalue weighted by Crippen LogP contribution is -2.23. The van der Waals surface area contributed by atoms with Gasteiger partial charge < -0.3 is 10.3 Å². The van der Waals surface area contributed by atoms with E-state index in [1.807, 2.05) is 13.0 Å². The van der Waals surface area contributed by atoms with E-state index in [4.69, 9.17) is 5.73 Å². The lowest BCUT2D eigenvalue weighted by molar-refractivity contribution is 0.578.